The van der Waals surface area contributed by atoms with Crippen LogP contribution in [-0.4, -0.2) is 19.6 Å². The molecule has 0 aliphatic heterocycles. The zero-order valence-electron chi connectivity index (χ0n) is 10.7. The average Bonchev–Trinajstić information content (AvgIpc) is 2.17. The topological polar surface area (TPSA) is 20.2 Å². The van der Waals surface area contributed by atoms with Gasteiger partial charge >= 0.3 is 0 Å². The van der Waals surface area contributed by atoms with Crippen molar-refractivity contribution in [2.75, 3.05) is 0 Å². The molecule has 2 rings (SSSR count). The molecule has 17 heavy (non-hydrogen) atoms. The Balaban J connectivity index is 0.00000128. The van der Waals surface area contributed by atoms with E-state index in [1.165, 1.54) is 16.7 Å². The van der Waals surface area contributed by atoms with Crippen molar-refractivity contribution in [3.05, 3.63) is 34.9 Å². The van der Waals surface area contributed by atoms with Gasteiger partial charge in [-0.3, -0.25) is 0 Å². The van der Waals surface area contributed by atoms with Crippen LogP contribution in [0.25, 0.3) is 0 Å². The van der Waals surface area contributed by atoms with E-state index in [4.69, 9.17) is 0 Å². The minimum absolute atomic E-state index is 0. The van der Waals surface area contributed by atoms with Crippen molar-refractivity contribution in [2.45, 2.75) is 51.6 Å². The van der Waals surface area contributed by atoms with Crippen LogP contribution in [0.5, 0.6) is 0 Å². The first-order chi connectivity index (χ1) is 7.15. The summed E-state index contributed by atoms with van der Waals surface area (Å²) in [5, 5.41) is 9.48. The summed E-state index contributed by atoms with van der Waals surface area (Å²) in [7, 11) is 0. The summed E-state index contributed by atoms with van der Waals surface area (Å²) in [6, 6.07) is 7.80. The van der Waals surface area contributed by atoms with Gasteiger partial charge in [-0.25, -0.2) is 0 Å². The molecule has 0 aromatic heterocycles. The minimum Gasteiger partial charge on any atom is -0.393 e. The van der Waals surface area contributed by atoms with Crippen LogP contribution in [-0.2, 0) is 32.7 Å². The fourth-order valence-corrected chi connectivity index (χ4v) is 2.57. The van der Waals surface area contributed by atoms with Gasteiger partial charge < -0.3 is 5.11 Å². The number of hydrogen-bond donors (Lipinski definition) is 1. The summed E-state index contributed by atoms with van der Waals surface area (Å²) >= 11 is 0. The zero-order valence-corrected chi connectivity index (χ0v) is 13.6. The van der Waals surface area contributed by atoms with E-state index >= 15 is 0 Å². The van der Waals surface area contributed by atoms with Crippen LogP contribution in [0.4, 0.5) is 0 Å². The molecule has 4 radical (unpaired) electrons. The molecule has 1 aliphatic rings. The third kappa shape index (κ3) is 4.85. The van der Waals surface area contributed by atoms with Crippen molar-refractivity contribution >= 4 is 8.41 Å². The molecule has 0 unspecified atom stereocenters. The van der Waals surface area contributed by atoms with Crippen molar-refractivity contribution in [2.24, 2.45) is 0 Å². The molecule has 1 aromatic rings. The first kappa shape index (κ1) is 17.3. The number of benzene rings is 1. The molecule has 1 aromatic carbocycles. The fourth-order valence-electron chi connectivity index (χ4n) is 2.57. The molecule has 3 heteroatoms. The summed E-state index contributed by atoms with van der Waals surface area (Å²) in [4.78, 5) is 0. The summed E-state index contributed by atoms with van der Waals surface area (Å²) in [5.74, 6) is 0.653. The number of aryl methyl sites for hydroxylation is 2. The quantitative estimate of drug-likeness (QED) is 0.625. The van der Waals surface area contributed by atoms with Crippen LogP contribution >= 0.6 is 0 Å². The monoisotopic (exact) mass is 303 g/mol. The summed E-state index contributed by atoms with van der Waals surface area (Å²) in [6.07, 6.45) is 4.12. The maximum Gasteiger partial charge on any atom is 0.0540 e. The predicted octanol–water partition coefficient (Wildman–Crippen LogP) is 2.74. The molecule has 0 bridgehead atoms. The first-order valence-electron chi connectivity index (χ1n) is 5.83. The number of aliphatic hydroxyl groups is 1. The van der Waals surface area contributed by atoms with E-state index < -0.39 is 0 Å². The molecule has 1 nitrogen and oxygen atoms in total. The van der Waals surface area contributed by atoms with Crippen molar-refractivity contribution in [1.29, 1.82) is 0 Å². The van der Waals surface area contributed by atoms with Crippen LogP contribution in [0.2, 0.25) is 0 Å². The Morgan fingerprint density at radius 2 is 1.53 bits per heavy atom. The van der Waals surface area contributed by atoms with Crippen LogP contribution in [0.3, 0.4) is 0 Å². The second-order valence-electron chi connectivity index (χ2n) is 4.79. The van der Waals surface area contributed by atoms with Crippen LogP contribution < -0.4 is 0 Å². The third-order valence-electron chi connectivity index (χ3n) is 3.33. The second kappa shape index (κ2) is 7.71. The van der Waals surface area contributed by atoms with Gasteiger partial charge in [0.05, 0.1) is 6.10 Å². The average molecular weight is 303 g/mol. The van der Waals surface area contributed by atoms with E-state index in [2.05, 4.69) is 32.0 Å². The molecule has 88 valence electrons. The van der Waals surface area contributed by atoms with Gasteiger partial charge in [-0.15, -0.1) is 0 Å². The van der Waals surface area contributed by atoms with Crippen molar-refractivity contribution < 1.29 is 37.8 Å². The normalized spacial score (nSPS) is 23.5. The van der Waals surface area contributed by atoms with Gasteiger partial charge in [0, 0.05) is 41.1 Å². The van der Waals surface area contributed by atoms with Gasteiger partial charge in [0.2, 0.25) is 0 Å². The van der Waals surface area contributed by atoms with Crippen LogP contribution in [0.15, 0.2) is 12.1 Å². The van der Waals surface area contributed by atoms with Gasteiger partial charge in [0.1, 0.15) is 0 Å². The molecule has 0 saturated heterocycles. The third-order valence-corrected chi connectivity index (χ3v) is 3.33. The molecule has 0 heterocycles. The Kier molecular flexibility index (Phi) is 7.87. The zero-order chi connectivity index (χ0) is 10.8. The molecular formula is C14H19BOY-. The van der Waals surface area contributed by atoms with Crippen LogP contribution in [0, 0.1) is 19.9 Å². The van der Waals surface area contributed by atoms with Crippen molar-refractivity contribution in [1.82, 2.24) is 0 Å². The van der Waals surface area contributed by atoms with Crippen LogP contribution in [0.1, 0.15) is 48.3 Å². The van der Waals surface area contributed by atoms with E-state index in [9.17, 15) is 5.11 Å². The Hall–Kier alpha value is 0.349. The van der Waals surface area contributed by atoms with Gasteiger partial charge in [-0.05, 0) is 31.6 Å². The summed E-state index contributed by atoms with van der Waals surface area (Å²) in [6.45, 7) is 4.21. The van der Waals surface area contributed by atoms with Crippen molar-refractivity contribution in [3.63, 3.8) is 0 Å². The SMILES string of the molecule is Cc1[c-]c(C)cc(C2CCC(O)CC2)c1.[B].[Y]. The van der Waals surface area contributed by atoms with Gasteiger partial charge in [0.15, 0.2) is 0 Å². The second-order valence-corrected chi connectivity index (χ2v) is 4.79. The standard InChI is InChI=1S/C14H19O.B.Y/c1-10-7-11(2)9-13(8-10)12-3-5-14(15)6-4-12;;/h8-9,12,14-15H,3-6H2,1-2H3;;/q-1;;. The molecule has 1 fully saturated rings. The first-order valence-corrected chi connectivity index (χ1v) is 5.83. The Labute approximate surface area is 132 Å². The molecule has 1 aliphatic carbocycles. The van der Waals surface area contributed by atoms with Crippen molar-refractivity contribution in [3.8, 4) is 0 Å². The summed E-state index contributed by atoms with van der Waals surface area (Å²) in [5.41, 5.74) is 3.91. The maximum absolute atomic E-state index is 9.48. The molecule has 0 amide bonds. The van der Waals surface area contributed by atoms with E-state index in [0.29, 0.717) is 5.92 Å². The number of hydrogen-bond acceptors (Lipinski definition) is 1. The van der Waals surface area contributed by atoms with E-state index in [-0.39, 0.29) is 47.2 Å². The van der Waals surface area contributed by atoms with Gasteiger partial charge in [-0.1, -0.05) is 13.8 Å². The van der Waals surface area contributed by atoms with Gasteiger partial charge in [-0.2, -0.15) is 34.9 Å². The molecule has 0 spiro atoms. The minimum atomic E-state index is -0.0567. The number of aliphatic hydroxyl groups excluding tert-OH is 1. The van der Waals surface area contributed by atoms with E-state index in [0.717, 1.165) is 25.7 Å². The number of rotatable bonds is 1. The summed E-state index contributed by atoms with van der Waals surface area (Å²) < 4.78 is 0. The molecule has 1 saturated carbocycles. The molecule has 0 atom stereocenters. The molecule has 1 N–H and O–H groups in total. The predicted molar refractivity (Wildman–Crippen MR) is 67.7 cm³/mol. The maximum atomic E-state index is 9.48. The molecular weight excluding hydrogens is 284 g/mol. The van der Waals surface area contributed by atoms with Gasteiger partial charge in [0.25, 0.3) is 0 Å². The van der Waals surface area contributed by atoms with E-state index in [1.54, 1.807) is 0 Å². The Bertz CT molecular complexity index is 326. The largest absolute Gasteiger partial charge is 0.393 e. The Morgan fingerprint density at radius 3 is 2.00 bits per heavy atom. The smallest absolute Gasteiger partial charge is 0.0540 e. The van der Waals surface area contributed by atoms with E-state index in [1.807, 2.05) is 0 Å². The fraction of sp³-hybridized carbons (Fsp3) is 0.571. The Morgan fingerprint density at radius 1 is 1.06 bits per heavy atom.